The number of carbonyl (C=O) groups is 1. The van der Waals surface area contributed by atoms with Gasteiger partial charge in [-0.05, 0) is 67.6 Å². The van der Waals surface area contributed by atoms with Gasteiger partial charge in [-0.1, -0.05) is 35.9 Å². The summed E-state index contributed by atoms with van der Waals surface area (Å²) < 4.78 is 13.6. The van der Waals surface area contributed by atoms with Gasteiger partial charge in [0.25, 0.3) is 0 Å². The number of amides is 1. The van der Waals surface area contributed by atoms with E-state index in [0.29, 0.717) is 11.4 Å². The fourth-order valence-electron chi connectivity index (χ4n) is 4.77. The van der Waals surface area contributed by atoms with Gasteiger partial charge >= 0.3 is 0 Å². The zero-order chi connectivity index (χ0) is 19.6. The molecule has 0 bridgehead atoms. The first-order chi connectivity index (χ1) is 13.5. The van der Waals surface area contributed by atoms with Crippen LogP contribution in [0.2, 0.25) is 5.02 Å². The van der Waals surface area contributed by atoms with Crippen molar-refractivity contribution in [2.24, 2.45) is 0 Å². The number of likely N-dealkylation sites (tertiary alicyclic amines) is 2. The van der Waals surface area contributed by atoms with Crippen LogP contribution in [0.25, 0.3) is 0 Å². The topological polar surface area (TPSA) is 23.6 Å². The third kappa shape index (κ3) is 4.23. The SMILES string of the molecule is O=C(Cc1ccc(Cl)cc1)N1CCC[C@]2(CCCN2Cc2cccc(F)c2)C1. The van der Waals surface area contributed by atoms with Gasteiger partial charge in [0.15, 0.2) is 0 Å². The Labute approximate surface area is 171 Å². The number of benzene rings is 2. The molecule has 0 unspecified atom stereocenters. The summed E-state index contributed by atoms with van der Waals surface area (Å²) in [4.78, 5) is 17.4. The van der Waals surface area contributed by atoms with Crippen LogP contribution < -0.4 is 0 Å². The molecule has 28 heavy (non-hydrogen) atoms. The van der Waals surface area contributed by atoms with Crippen molar-refractivity contribution in [1.82, 2.24) is 9.80 Å². The van der Waals surface area contributed by atoms with Crippen molar-refractivity contribution in [2.75, 3.05) is 19.6 Å². The van der Waals surface area contributed by atoms with Crippen molar-refractivity contribution >= 4 is 17.5 Å². The molecule has 2 aliphatic rings. The van der Waals surface area contributed by atoms with Crippen LogP contribution in [-0.4, -0.2) is 40.9 Å². The van der Waals surface area contributed by atoms with Gasteiger partial charge in [-0.25, -0.2) is 4.39 Å². The molecule has 2 aromatic rings. The van der Waals surface area contributed by atoms with Crippen LogP contribution in [-0.2, 0) is 17.8 Å². The molecule has 2 aromatic carbocycles. The third-order valence-corrected chi connectivity index (χ3v) is 6.43. The smallest absolute Gasteiger partial charge is 0.227 e. The van der Waals surface area contributed by atoms with Gasteiger partial charge in [0.05, 0.1) is 6.42 Å². The highest BCUT2D eigenvalue weighted by molar-refractivity contribution is 6.30. The Morgan fingerprint density at radius 3 is 2.54 bits per heavy atom. The standard InChI is InChI=1S/C23H26ClFN2O/c24-20-8-6-18(7-9-20)15-22(28)26-12-2-10-23(17-26)11-3-13-27(23)16-19-4-1-5-21(25)14-19/h1,4-9,14H,2-3,10-13,15-17H2/t23-/m0/s1. The molecule has 2 fully saturated rings. The molecule has 2 aliphatic heterocycles. The maximum Gasteiger partial charge on any atom is 0.227 e. The predicted octanol–water partition coefficient (Wildman–Crippen LogP) is 4.68. The summed E-state index contributed by atoms with van der Waals surface area (Å²) >= 11 is 5.95. The minimum absolute atomic E-state index is 0.0280. The highest BCUT2D eigenvalue weighted by Crippen LogP contribution is 2.38. The number of halogens is 2. The number of carbonyl (C=O) groups excluding carboxylic acids is 1. The summed E-state index contributed by atoms with van der Waals surface area (Å²) in [5.41, 5.74) is 2.03. The fourth-order valence-corrected chi connectivity index (χ4v) is 4.90. The Kier molecular flexibility index (Phi) is 5.70. The number of hydrogen-bond acceptors (Lipinski definition) is 2. The first-order valence-corrected chi connectivity index (χ1v) is 10.4. The van der Waals surface area contributed by atoms with Crippen molar-refractivity contribution in [1.29, 1.82) is 0 Å². The van der Waals surface area contributed by atoms with Crippen LogP contribution in [0.4, 0.5) is 4.39 Å². The largest absolute Gasteiger partial charge is 0.341 e. The van der Waals surface area contributed by atoms with E-state index in [0.717, 1.165) is 63.0 Å². The molecule has 0 saturated carbocycles. The predicted molar refractivity (Wildman–Crippen MR) is 110 cm³/mol. The van der Waals surface area contributed by atoms with Crippen molar-refractivity contribution in [3.8, 4) is 0 Å². The Morgan fingerprint density at radius 1 is 1.04 bits per heavy atom. The molecule has 148 valence electrons. The van der Waals surface area contributed by atoms with Crippen molar-refractivity contribution in [3.05, 3.63) is 70.5 Å². The molecule has 0 aromatic heterocycles. The second kappa shape index (κ2) is 8.22. The molecule has 4 rings (SSSR count). The fraction of sp³-hybridized carbons (Fsp3) is 0.435. The summed E-state index contributed by atoms with van der Waals surface area (Å²) in [6.07, 6.45) is 4.78. The molecule has 0 radical (unpaired) electrons. The van der Waals surface area contributed by atoms with Gasteiger partial charge < -0.3 is 4.90 Å². The molecule has 0 aliphatic carbocycles. The lowest BCUT2D eigenvalue weighted by molar-refractivity contribution is -0.134. The molecule has 2 saturated heterocycles. The first-order valence-electron chi connectivity index (χ1n) is 10.1. The molecule has 1 spiro atoms. The summed E-state index contributed by atoms with van der Waals surface area (Å²) in [7, 11) is 0. The minimum Gasteiger partial charge on any atom is -0.341 e. The summed E-state index contributed by atoms with van der Waals surface area (Å²) in [5, 5.41) is 0.687. The van der Waals surface area contributed by atoms with Crippen LogP contribution in [0, 0.1) is 5.82 Å². The summed E-state index contributed by atoms with van der Waals surface area (Å²) in [5.74, 6) is -0.00633. The lowest BCUT2D eigenvalue weighted by Crippen LogP contribution is -2.56. The maximum absolute atomic E-state index is 13.6. The van der Waals surface area contributed by atoms with Crippen LogP contribution in [0.5, 0.6) is 0 Å². The zero-order valence-electron chi connectivity index (χ0n) is 16.0. The average molecular weight is 401 g/mol. The van der Waals surface area contributed by atoms with Crippen molar-refractivity contribution in [2.45, 2.75) is 44.2 Å². The molecule has 1 atom stereocenters. The van der Waals surface area contributed by atoms with E-state index in [9.17, 15) is 9.18 Å². The van der Waals surface area contributed by atoms with E-state index < -0.39 is 0 Å². The summed E-state index contributed by atoms with van der Waals surface area (Å²) in [6.45, 7) is 3.35. The molecule has 3 nitrogen and oxygen atoms in total. The number of nitrogens with zero attached hydrogens (tertiary/aromatic N) is 2. The van der Waals surface area contributed by atoms with Gasteiger partial charge in [-0.2, -0.15) is 0 Å². The lowest BCUT2D eigenvalue weighted by Gasteiger charge is -2.46. The highest BCUT2D eigenvalue weighted by Gasteiger charge is 2.44. The zero-order valence-corrected chi connectivity index (χ0v) is 16.8. The Bertz CT molecular complexity index is 841. The lowest BCUT2D eigenvalue weighted by atomic mass is 9.86. The van der Waals surface area contributed by atoms with E-state index in [1.165, 1.54) is 6.07 Å². The Hall–Kier alpha value is -1.91. The minimum atomic E-state index is -0.186. The number of hydrogen-bond donors (Lipinski definition) is 0. The Morgan fingerprint density at radius 2 is 1.79 bits per heavy atom. The second-order valence-corrected chi connectivity index (χ2v) is 8.54. The second-order valence-electron chi connectivity index (χ2n) is 8.10. The van der Waals surface area contributed by atoms with E-state index in [2.05, 4.69) is 4.90 Å². The molecule has 1 amide bonds. The molecule has 2 heterocycles. The van der Waals surface area contributed by atoms with Gasteiger partial charge in [0.2, 0.25) is 5.91 Å². The van der Waals surface area contributed by atoms with Gasteiger partial charge in [0.1, 0.15) is 5.82 Å². The van der Waals surface area contributed by atoms with Crippen molar-refractivity contribution in [3.63, 3.8) is 0 Å². The van der Waals surface area contributed by atoms with Crippen molar-refractivity contribution < 1.29 is 9.18 Å². The average Bonchev–Trinajstić information content (AvgIpc) is 3.05. The molecular weight excluding hydrogens is 375 g/mol. The Balaban J connectivity index is 1.45. The van der Waals surface area contributed by atoms with Crippen LogP contribution >= 0.6 is 11.6 Å². The number of rotatable bonds is 4. The molecule has 0 N–H and O–H groups in total. The number of piperidine rings is 1. The van der Waals surface area contributed by atoms with Gasteiger partial charge in [-0.3, -0.25) is 9.69 Å². The third-order valence-electron chi connectivity index (χ3n) is 6.18. The molecule has 5 heteroatoms. The van der Waals surface area contributed by atoms with E-state index in [1.54, 1.807) is 12.1 Å². The van der Waals surface area contributed by atoms with Crippen LogP contribution in [0.1, 0.15) is 36.8 Å². The maximum atomic E-state index is 13.6. The van der Waals surface area contributed by atoms with Gasteiger partial charge in [0, 0.05) is 30.2 Å². The normalized spacial score (nSPS) is 22.7. The summed E-state index contributed by atoms with van der Waals surface area (Å²) in [6, 6.07) is 14.4. The van der Waals surface area contributed by atoms with E-state index in [4.69, 9.17) is 11.6 Å². The van der Waals surface area contributed by atoms with E-state index in [-0.39, 0.29) is 17.3 Å². The van der Waals surface area contributed by atoms with E-state index >= 15 is 0 Å². The van der Waals surface area contributed by atoms with Crippen LogP contribution in [0.15, 0.2) is 48.5 Å². The van der Waals surface area contributed by atoms with E-state index in [1.807, 2.05) is 35.2 Å². The quantitative estimate of drug-likeness (QED) is 0.744. The van der Waals surface area contributed by atoms with Gasteiger partial charge in [-0.15, -0.1) is 0 Å². The highest BCUT2D eigenvalue weighted by atomic mass is 35.5. The molecular formula is C23H26ClFN2O. The first kappa shape index (κ1) is 19.4. The van der Waals surface area contributed by atoms with Crippen LogP contribution in [0.3, 0.4) is 0 Å². The monoisotopic (exact) mass is 400 g/mol.